The van der Waals surface area contributed by atoms with Crippen LogP contribution in [0.4, 0.5) is 10.1 Å². The Kier molecular flexibility index (Phi) is 5.48. The Morgan fingerprint density at radius 1 is 1.13 bits per heavy atom. The molecular weight excluding hydrogens is 393 g/mol. The summed E-state index contributed by atoms with van der Waals surface area (Å²) in [6, 6.07) is 11.7. The van der Waals surface area contributed by atoms with Crippen LogP contribution in [0.25, 0.3) is 11.5 Å². The number of benzene rings is 2. The summed E-state index contributed by atoms with van der Waals surface area (Å²) in [5.41, 5.74) is 0.711. The van der Waals surface area contributed by atoms with Gasteiger partial charge >= 0.3 is 0 Å². The Balaban J connectivity index is 1.34. The second kappa shape index (κ2) is 8.37. The highest BCUT2D eigenvalue weighted by Gasteiger charge is 2.24. The van der Waals surface area contributed by atoms with E-state index < -0.39 is 4.92 Å². The van der Waals surface area contributed by atoms with Crippen molar-refractivity contribution >= 4 is 11.6 Å². The number of carbonyl (C=O) groups excluding carboxylic acids is 1. The van der Waals surface area contributed by atoms with Gasteiger partial charge < -0.3 is 9.42 Å². The molecule has 0 aliphatic carbocycles. The second-order valence-corrected chi connectivity index (χ2v) is 6.90. The minimum absolute atomic E-state index is 0.106. The van der Waals surface area contributed by atoms with Crippen LogP contribution in [0.15, 0.2) is 53.1 Å². The fourth-order valence-corrected chi connectivity index (χ4v) is 3.30. The number of nitrogens with zero attached hydrogens (tertiary/aromatic N) is 5. The van der Waals surface area contributed by atoms with Gasteiger partial charge in [0.1, 0.15) is 5.82 Å². The van der Waals surface area contributed by atoms with Gasteiger partial charge in [-0.25, -0.2) is 4.39 Å². The molecule has 154 valence electrons. The largest absolute Gasteiger partial charge is 0.336 e. The zero-order chi connectivity index (χ0) is 21.1. The molecule has 1 saturated heterocycles. The molecule has 10 heteroatoms. The molecule has 9 nitrogen and oxygen atoms in total. The molecule has 3 aromatic rings. The summed E-state index contributed by atoms with van der Waals surface area (Å²) in [6.45, 7) is 2.61. The summed E-state index contributed by atoms with van der Waals surface area (Å²) in [7, 11) is 0. The molecule has 1 fully saturated rings. The highest BCUT2D eigenvalue weighted by Crippen LogP contribution is 2.19. The standard InChI is InChI=1S/C20H18FN5O4/c21-16-5-1-3-14(11-16)19-22-18(23-30-19)13-24-7-9-25(10-8-24)20(27)15-4-2-6-17(12-15)26(28)29/h1-6,11-12H,7-10,13H2. The second-order valence-electron chi connectivity index (χ2n) is 6.90. The predicted octanol–water partition coefficient (Wildman–Crippen LogP) is 2.74. The summed E-state index contributed by atoms with van der Waals surface area (Å²) in [5.74, 6) is 0.125. The van der Waals surface area contributed by atoms with Gasteiger partial charge in [-0.1, -0.05) is 17.3 Å². The minimum Gasteiger partial charge on any atom is -0.336 e. The van der Waals surface area contributed by atoms with E-state index in [4.69, 9.17) is 4.52 Å². The van der Waals surface area contributed by atoms with Crippen molar-refractivity contribution in [2.24, 2.45) is 0 Å². The Hall–Kier alpha value is -3.66. The normalized spacial score (nSPS) is 14.6. The topological polar surface area (TPSA) is 106 Å². The molecule has 1 aromatic heterocycles. The van der Waals surface area contributed by atoms with Crippen LogP contribution in [0.3, 0.4) is 0 Å². The van der Waals surface area contributed by atoms with Gasteiger partial charge in [-0.2, -0.15) is 4.98 Å². The van der Waals surface area contributed by atoms with Gasteiger partial charge in [0.15, 0.2) is 5.82 Å². The molecule has 0 bridgehead atoms. The predicted molar refractivity (Wildman–Crippen MR) is 104 cm³/mol. The zero-order valence-corrected chi connectivity index (χ0v) is 15.9. The van der Waals surface area contributed by atoms with Crippen LogP contribution >= 0.6 is 0 Å². The first kappa shape index (κ1) is 19.6. The third kappa shape index (κ3) is 4.33. The molecule has 0 atom stereocenters. The Morgan fingerprint density at radius 3 is 2.63 bits per heavy atom. The lowest BCUT2D eigenvalue weighted by Gasteiger charge is -2.34. The van der Waals surface area contributed by atoms with E-state index in [1.165, 1.54) is 30.3 Å². The molecule has 0 radical (unpaired) electrons. The number of halogens is 1. The summed E-state index contributed by atoms with van der Waals surface area (Å²) >= 11 is 0. The van der Waals surface area contributed by atoms with E-state index in [0.717, 1.165) is 0 Å². The molecule has 0 unspecified atom stereocenters. The third-order valence-corrected chi connectivity index (χ3v) is 4.87. The molecule has 4 rings (SSSR count). The van der Waals surface area contributed by atoms with E-state index in [0.29, 0.717) is 49.7 Å². The van der Waals surface area contributed by atoms with Crippen molar-refractivity contribution in [3.63, 3.8) is 0 Å². The molecule has 1 aliphatic heterocycles. The maximum Gasteiger partial charge on any atom is 0.270 e. The number of rotatable bonds is 5. The first-order valence-electron chi connectivity index (χ1n) is 9.34. The lowest BCUT2D eigenvalue weighted by atomic mass is 10.1. The fraction of sp³-hybridized carbons (Fsp3) is 0.250. The van der Waals surface area contributed by atoms with Gasteiger partial charge in [0, 0.05) is 49.4 Å². The first-order chi connectivity index (χ1) is 14.5. The number of carbonyl (C=O) groups is 1. The quantitative estimate of drug-likeness (QED) is 0.469. The minimum atomic E-state index is -0.516. The summed E-state index contributed by atoms with van der Waals surface area (Å²) in [4.78, 5) is 31.1. The van der Waals surface area contributed by atoms with Crippen molar-refractivity contribution in [3.8, 4) is 11.5 Å². The van der Waals surface area contributed by atoms with Crippen molar-refractivity contribution in [2.75, 3.05) is 26.2 Å². The Bertz CT molecular complexity index is 1080. The fourth-order valence-electron chi connectivity index (χ4n) is 3.30. The van der Waals surface area contributed by atoms with Gasteiger partial charge in [0.2, 0.25) is 0 Å². The molecule has 0 N–H and O–H groups in total. The van der Waals surface area contributed by atoms with Crippen LogP contribution in [0.5, 0.6) is 0 Å². The smallest absolute Gasteiger partial charge is 0.270 e. The third-order valence-electron chi connectivity index (χ3n) is 4.87. The Labute approximate surface area is 170 Å². The van der Waals surface area contributed by atoms with Crippen molar-refractivity contribution in [2.45, 2.75) is 6.54 Å². The summed E-state index contributed by atoms with van der Waals surface area (Å²) in [6.07, 6.45) is 0. The highest BCUT2D eigenvalue weighted by molar-refractivity contribution is 5.94. The van der Waals surface area contributed by atoms with E-state index in [1.54, 1.807) is 23.1 Å². The lowest BCUT2D eigenvalue weighted by Crippen LogP contribution is -2.48. The monoisotopic (exact) mass is 411 g/mol. The molecule has 0 saturated carbocycles. The number of amides is 1. The summed E-state index contributed by atoms with van der Waals surface area (Å²) < 4.78 is 18.6. The molecule has 1 amide bonds. The number of nitro benzene ring substituents is 1. The van der Waals surface area contributed by atoms with E-state index in [1.807, 2.05) is 0 Å². The Morgan fingerprint density at radius 2 is 1.90 bits per heavy atom. The SMILES string of the molecule is O=C(c1cccc([N+](=O)[O-])c1)N1CCN(Cc2noc(-c3cccc(F)c3)n2)CC1. The average molecular weight is 411 g/mol. The number of non-ortho nitro benzene ring substituents is 1. The van der Waals surface area contributed by atoms with Gasteiger partial charge in [0.05, 0.1) is 11.5 Å². The molecule has 30 heavy (non-hydrogen) atoms. The first-order valence-corrected chi connectivity index (χ1v) is 9.34. The van der Waals surface area contributed by atoms with Gasteiger partial charge in [-0.3, -0.25) is 19.8 Å². The molecule has 0 spiro atoms. The number of aromatic nitrogens is 2. The number of piperazine rings is 1. The van der Waals surface area contributed by atoms with E-state index >= 15 is 0 Å². The van der Waals surface area contributed by atoms with Gasteiger partial charge in [-0.05, 0) is 24.3 Å². The number of hydrogen-bond donors (Lipinski definition) is 0. The molecule has 2 aromatic carbocycles. The van der Waals surface area contributed by atoms with Crippen LogP contribution in [0, 0.1) is 15.9 Å². The van der Waals surface area contributed by atoms with Crippen molar-refractivity contribution in [1.82, 2.24) is 19.9 Å². The number of nitro groups is 1. The lowest BCUT2D eigenvalue weighted by molar-refractivity contribution is -0.384. The van der Waals surface area contributed by atoms with Crippen LogP contribution in [0.1, 0.15) is 16.2 Å². The number of hydrogen-bond acceptors (Lipinski definition) is 7. The van der Waals surface area contributed by atoms with Crippen LogP contribution in [0.2, 0.25) is 0 Å². The van der Waals surface area contributed by atoms with Gasteiger partial charge in [0.25, 0.3) is 17.5 Å². The van der Waals surface area contributed by atoms with Crippen LogP contribution in [-0.2, 0) is 6.54 Å². The van der Waals surface area contributed by atoms with Gasteiger partial charge in [-0.15, -0.1) is 0 Å². The zero-order valence-electron chi connectivity index (χ0n) is 15.9. The van der Waals surface area contributed by atoms with Crippen LogP contribution < -0.4 is 0 Å². The average Bonchev–Trinajstić information content (AvgIpc) is 3.22. The summed E-state index contributed by atoms with van der Waals surface area (Å²) in [5, 5.41) is 14.9. The van der Waals surface area contributed by atoms with Crippen molar-refractivity contribution in [1.29, 1.82) is 0 Å². The maximum absolute atomic E-state index is 13.4. The van der Waals surface area contributed by atoms with E-state index in [-0.39, 0.29) is 23.3 Å². The van der Waals surface area contributed by atoms with E-state index in [2.05, 4.69) is 15.0 Å². The van der Waals surface area contributed by atoms with Crippen molar-refractivity contribution < 1.29 is 18.6 Å². The molecule has 2 heterocycles. The molecular formula is C20H18FN5O4. The molecule has 1 aliphatic rings. The van der Waals surface area contributed by atoms with E-state index in [9.17, 15) is 19.3 Å². The van der Waals surface area contributed by atoms with Crippen molar-refractivity contribution in [3.05, 3.63) is 75.9 Å². The highest BCUT2D eigenvalue weighted by atomic mass is 19.1. The maximum atomic E-state index is 13.4. The van der Waals surface area contributed by atoms with Crippen LogP contribution in [-0.4, -0.2) is 56.9 Å².